The molecule has 0 spiro atoms. The van der Waals surface area contributed by atoms with E-state index in [0.29, 0.717) is 13.0 Å². The minimum atomic E-state index is -4.62. The van der Waals surface area contributed by atoms with Crippen LogP contribution in [0.25, 0.3) is 0 Å². The van der Waals surface area contributed by atoms with Crippen LogP contribution in [0.2, 0.25) is 0 Å². The lowest BCUT2D eigenvalue weighted by Crippen LogP contribution is -2.34. The Morgan fingerprint density at radius 1 is 0.635 bits per heavy atom. The number of rotatable bonds is 37. The monoisotopic (exact) mass is 753 g/mol. The Morgan fingerprint density at radius 3 is 1.69 bits per heavy atom. The van der Waals surface area contributed by atoms with Crippen molar-refractivity contribution < 1.29 is 42.7 Å². The summed E-state index contributed by atoms with van der Waals surface area (Å²) in [4.78, 5) is 33.4. The summed E-state index contributed by atoms with van der Waals surface area (Å²) in [5.74, 6) is -1.80. The lowest BCUT2D eigenvalue weighted by atomic mass is 10.1. The number of esters is 1. The van der Waals surface area contributed by atoms with Crippen LogP contribution >= 0.6 is 7.82 Å². The highest BCUT2D eigenvalue weighted by atomic mass is 31.2. The lowest BCUT2D eigenvalue weighted by molar-refractivity contribution is -0.154. The van der Waals surface area contributed by atoms with E-state index in [1.54, 1.807) is 0 Å². The van der Waals surface area contributed by atoms with Crippen molar-refractivity contribution >= 4 is 19.8 Å². The van der Waals surface area contributed by atoms with Crippen molar-refractivity contribution in [2.24, 2.45) is 5.73 Å². The second kappa shape index (κ2) is 37.0. The summed E-state index contributed by atoms with van der Waals surface area (Å²) in [6, 6.07) is -1.48. The van der Waals surface area contributed by atoms with Gasteiger partial charge in [0.1, 0.15) is 12.1 Å². The van der Waals surface area contributed by atoms with E-state index in [9.17, 15) is 19.0 Å². The Bertz CT molecular complexity index is 1060. The van der Waals surface area contributed by atoms with E-state index in [4.69, 9.17) is 29.4 Å². The second-order valence-electron chi connectivity index (χ2n) is 13.0. The molecule has 10 nitrogen and oxygen atoms in total. The van der Waals surface area contributed by atoms with Crippen molar-refractivity contribution in [1.29, 1.82) is 0 Å². The van der Waals surface area contributed by atoms with Gasteiger partial charge in [-0.3, -0.25) is 18.6 Å². The normalized spacial score (nSPS) is 14.7. The van der Waals surface area contributed by atoms with Crippen LogP contribution in [0.1, 0.15) is 149 Å². The van der Waals surface area contributed by atoms with Crippen molar-refractivity contribution in [3.8, 4) is 0 Å². The molecule has 3 unspecified atom stereocenters. The summed E-state index contributed by atoms with van der Waals surface area (Å²) < 4.78 is 33.2. The zero-order chi connectivity index (χ0) is 38.4. The molecule has 52 heavy (non-hydrogen) atoms. The number of phosphoric ester groups is 1. The zero-order valence-corrected chi connectivity index (χ0v) is 33.3. The number of aliphatic carboxylic acids is 1. The average molecular weight is 754 g/mol. The fourth-order valence-corrected chi connectivity index (χ4v) is 5.73. The lowest BCUT2D eigenvalue weighted by Gasteiger charge is -2.20. The van der Waals surface area contributed by atoms with Crippen LogP contribution in [0.3, 0.4) is 0 Å². The number of carbonyl (C=O) groups excluding carboxylic acids is 1. The van der Waals surface area contributed by atoms with E-state index in [0.717, 1.165) is 96.3 Å². The molecule has 3 atom stereocenters. The largest absolute Gasteiger partial charge is 0.480 e. The van der Waals surface area contributed by atoms with Crippen molar-refractivity contribution in [3.63, 3.8) is 0 Å². The molecule has 0 saturated heterocycles. The number of carboxylic acid groups (broad SMARTS) is 1. The third kappa shape index (κ3) is 36.0. The summed E-state index contributed by atoms with van der Waals surface area (Å²) in [5.41, 5.74) is 5.34. The summed E-state index contributed by atoms with van der Waals surface area (Å²) in [7, 11) is -4.62. The highest BCUT2D eigenvalue weighted by molar-refractivity contribution is 7.47. The molecule has 0 radical (unpaired) electrons. The number of hydrogen-bond acceptors (Lipinski definition) is 8. The molecular formula is C41H72NO9P. The van der Waals surface area contributed by atoms with Gasteiger partial charge in [-0.2, -0.15) is 0 Å². The standard InChI is InChI=1S/C41H72NO9P/c1-3-5-7-9-11-13-15-16-17-18-19-20-21-22-23-25-27-29-31-33-40(43)51-38(36-49-52(46,47)50-37-39(42)41(44)45)35-48-34-32-30-28-26-24-14-12-10-8-6-4-2/h5,7-8,10-11,13,16-17,19-20,38-39H,3-4,6,9,12,14-15,18,21-37,42H2,1-2H3,(H,44,45)(H,46,47)/b7-5-,10-8-,13-11-,17-16-,20-19-. The minimum absolute atomic E-state index is 0.00372. The SMILES string of the molecule is CC/C=C\C/C=C\C/C=C\C/C=C\CCCCCCCCC(=O)OC(COCCCCCCCC/C=C\CCC)COP(=O)(O)OCC(N)C(=O)O. The van der Waals surface area contributed by atoms with Gasteiger partial charge in [0.2, 0.25) is 0 Å². The quantitative estimate of drug-likeness (QED) is 0.0242. The first-order valence-corrected chi connectivity index (χ1v) is 21.3. The third-order valence-electron chi connectivity index (χ3n) is 8.01. The van der Waals surface area contributed by atoms with Gasteiger partial charge in [0.15, 0.2) is 0 Å². The van der Waals surface area contributed by atoms with Crippen LogP contribution in [-0.4, -0.2) is 60.5 Å². The summed E-state index contributed by atoms with van der Waals surface area (Å²) in [6.07, 6.45) is 42.7. The van der Waals surface area contributed by atoms with E-state index in [2.05, 4.69) is 74.6 Å². The second-order valence-corrected chi connectivity index (χ2v) is 14.5. The van der Waals surface area contributed by atoms with Gasteiger partial charge in [0.25, 0.3) is 0 Å². The molecule has 4 N–H and O–H groups in total. The van der Waals surface area contributed by atoms with Crippen molar-refractivity contribution in [1.82, 2.24) is 0 Å². The summed E-state index contributed by atoms with van der Waals surface area (Å²) in [5, 5.41) is 8.87. The molecule has 0 amide bonds. The Hall–Kier alpha value is -2.33. The molecule has 0 aromatic carbocycles. The molecule has 0 bridgehead atoms. The van der Waals surface area contributed by atoms with Gasteiger partial charge in [0, 0.05) is 13.0 Å². The highest BCUT2D eigenvalue weighted by Crippen LogP contribution is 2.43. The predicted molar refractivity (Wildman–Crippen MR) is 212 cm³/mol. The number of phosphoric acid groups is 1. The molecule has 0 aliphatic heterocycles. The molecule has 0 aromatic rings. The molecule has 11 heteroatoms. The first-order chi connectivity index (χ1) is 25.2. The number of carboxylic acids is 1. The predicted octanol–water partition coefficient (Wildman–Crippen LogP) is 10.5. The van der Waals surface area contributed by atoms with E-state index >= 15 is 0 Å². The number of unbranched alkanes of at least 4 members (excludes halogenated alkanes) is 13. The van der Waals surface area contributed by atoms with E-state index in [1.165, 1.54) is 25.7 Å². The Balaban J connectivity index is 4.30. The van der Waals surface area contributed by atoms with Crippen LogP contribution < -0.4 is 5.73 Å². The maximum atomic E-state index is 12.6. The average Bonchev–Trinajstić information content (AvgIpc) is 3.12. The van der Waals surface area contributed by atoms with E-state index in [1.807, 2.05) is 0 Å². The molecule has 0 aliphatic rings. The number of hydrogen-bond donors (Lipinski definition) is 3. The van der Waals surface area contributed by atoms with Crippen molar-refractivity contribution in [2.75, 3.05) is 26.4 Å². The van der Waals surface area contributed by atoms with Gasteiger partial charge in [-0.05, 0) is 70.6 Å². The first kappa shape index (κ1) is 49.7. The maximum absolute atomic E-state index is 12.6. The molecule has 0 rings (SSSR count). The number of carbonyl (C=O) groups is 2. The molecule has 0 aromatic heterocycles. The van der Waals surface area contributed by atoms with Crippen LogP contribution in [0, 0.1) is 0 Å². The summed E-state index contributed by atoms with van der Waals surface area (Å²) in [6.45, 7) is 3.65. The van der Waals surface area contributed by atoms with Gasteiger partial charge in [0.05, 0.1) is 19.8 Å². The Kier molecular flexibility index (Phi) is 35.3. The van der Waals surface area contributed by atoms with Crippen LogP contribution in [0.4, 0.5) is 0 Å². The van der Waals surface area contributed by atoms with E-state index in [-0.39, 0.29) is 13.0 Å². The van der Waals surface area contributed by atoms with Gasteiger partial charge in [-0.1, -0.05) is 132 Å². The van der Waals surface area contributed by atoms with Crippen molar-refractivity contribution in [3.05, 3.63) is 60.8 Å². The maximum Gasteiger partial charge on any atom is 0.472 e. The number of ether oxygens (including phenoxy) is 2. The molecule has 0 fully saturated rings. The van der Waals surface area contributed by atoms with Crippen molar-refractivity contribution in [2.45, 2.75) is 161 Å². The topological polar surface area (TPSA) is 155 Å². The van der Waals surface area contributed by atoms with Gasteiger partial charge >= 0.3 is 19.8 Å². The van der Waals surface area contributed by atoms with Gasteiger partial charge in [-0.15, -0.1) is 0 Å². The van der Waals surface area contributed by atoms with Crippen LogP contribution in [-0.2, 0) is 32.7 Å². The number of nitrogens with two attached hydrogens (primary N) is 1. The molecule has 0 saturated carbocycles. The fraction of sp³-hybridized carbons (Fsp3) is 0.707. The highest BCUT2D eigenvalue weighted by Gasteiger charge is 2.27. The third-order valence-corrected chi connectivity index (χ3v) is 8.96. The molecule has 0 heterocycles. The molecule has 300 valence electrons. The first-order valence-electron chi connectivity index (χ1n) is 19.8. The minimum Gasteiger partial charge on any atom is -0.480 e. The fourth-order valence-electron chi connectivity index (χ4n) is 4.95. The van der Waals surface area contributed by atoms with Gasteiger partial charge in [-0.25, -0.2) is 4.57 Å². The summed E-state index contributed by atoms with van der Waals surface area (Å²) >= 11 is 0. The van der Waals surface area contributed by atoms with Crippen LogP contribution in [0.15, 0.2) is 60.8 Å². The van der Waals surface area contributed by atoms with E-state index < -0.39 is 45.1 Å². The smallest absolute Gasteiger partial charge is 0.472 e. The Morgan fingerprint density at radius 2 is 1.12 bits per heavy atom. The zero-order valence-electron chi connectivity index (χ0n) is 32.4. The Labute approximate surface area is 315 Å². The van der Waals surface area contributed by atoms with Crippen LogP contribution in [0.5, 0.6) is 0 Å². The van der Waals surface area contributed by atoms with Gasteiger partial charge < -0.3 is 25.2 Å². The molecular weight excluding hydrogens is 681 g/mol. The molecule has 0 aliphatic carbocycles. The number of allylic oxidation sites excluding steroid dienone is 10.